The average Bonchev–Trinajstić information content (AvgIpc) is 3.04. The first kappa shape index (κ1) is 20.2. The molecule has 0 bridgehead atoms. The molecule has 0 aliphatic carbocycles. The fourth-order valence-corrected chi connectivity index (χ4v) is 2.97. The predicted octanol–water partition coefficient (Wildman–Crippen LogP) is 3.44. The Morgan fingerprint density at radius 1 is 1.21 bits per heavy atom. The molecule has 2 heterocycles. The lowest BCUT2D eigenvalue weighted by atomic mass is 10.1. The van der Waals surface area contributed by atoms with Gasteiger partial charge in [0.2, 0.25) is 5.88 Å². The number of benzene rings is 1. The lowest BCUT2D eigenvalue weighted by Crippen LogP contribution is -2.25. The first-order valence-corrected chi connectivity index (χ1v) is 9.18. The van der Waals surface area contributed by atoms with Gasteiger partial charge in [0, 0.05) is 29.2 Å². The van der Waals surface area contributed by atoms with Crippen LogP contribution in [0.15, 0.2) is 36.5 Å². The highest BCUT2D eigenvalue weighted by Gasteiger charge is 2.29. The molecular formula is C21H26N6O2. The first-order chi connectivity index (χ1) is 13.6. The molecule has 3 rings (SSSR count). The molecule has 0 fully saturated rings. The predicted molar refractivity (Wildman–Crippen MR) is 114 cm³/mol. The Morgan fingerprint density at radius 2 is 1.86 bits per heavy atom. The third kappa shape index (κ3) is 4.01. The zero-order valence-electron chi connectivity index (χ0n) is 17.3. The molecule has 0 saturated heterocycles. The van der Waals surface area contributed by atoms with E-state index < -0.39 is 11.4 Å². The number of aromatic nitrogens is 3. The topological polar surface area (TPSA) is 121 Å². The van der Waals surface area contributed by atoms with Gasteiger partial charge in [-0.1, -0.05) is 12.1 Å². The van der Waals surface area contributed by atoms with E-state index in [0.717, 1.165) is 16.8 Å². The van der Waals surface area contributed by atoms with Gasteiger partial charge in [-0.15, -0.1) is 0 Å². The number of nitrogens with two attached hydrogens (primary N) is 2. The molecule has 1 amide bonds. The molecule has 0 unspecified atom stereocenters. The Hall–Kier alpha value is -3.55. The van der Waals surface area contributed by atoms with Gasteiger partial charge in [-0.05, 0) is 45.4 Å². The number of carbonyl (C=O) groups excluding carboxylic acids is 1. The Labute approximate surface area is 169 Å². The number of anilines is 3. The van der Waals surface area contributed by atoms with Gasteiger partial charge in [-0.25, -0.2) is 9.67 Å². The van der Waals surface area contributed by atoms with Gasteiger partial charge in [0.1, 0.15) is 17.1 Å². The number of pyridine rings is 1. The summed E-state index contributed by atoms with van der Waals surface area (Å²) in [7, 11) is 1.55. The van der Waals surface area contributed by atoms with Gasteiger partial charge in [0.05, 0.1) is 12.6 Å². The van der Waals surface area contributed by atoms with Crippen molar-refractivity contribution in [3.8, 4) is 17.1 Å². The summed E-state index contributed by atoms with van der Waals surface area (Å²) in [4.78, 5) is 16.7. The van der Waals surface area contributed by atoms with Crippen LogP contribution >= 0.6 is 0 Å². The number of methoxy groups -OCH3 is 1. The molecule has 152 valence electrons. The molecule has 29 heavy (non-hydrogen) atoms. The third-order valence-corrected chi connectivity index (χ3v) is 4.49. The molecule has 2 aromatic heterocycles. The smallest absolute Gasteiger partial charge is 0.254 e. The molecule has 0 saturated carbocycles. The number of primary amides is 1. The number of rotatable bonds is 5. The van der Waals surface area contributed by atoms with Crippen LogP contribution in [0.3, 0.4) is 0 Å². The lowest BCUT2D eigenvalue weighted by Gasteiger charge is -2.23. The number of hydrogen-bond donors (Lipinski definition) is 3. The molecule has 5 N–H and O–H groups in total. The number of nitrogen functional groups attached to an aromatic ring is 1. The van der Waals surface area contributed by atoms with E-state index in [1.165, 1.54) is 0 Å². The zero-order valence-corrected chi connectivity index (χ0v) is 17.3. The maximum Gasteiger partial charge on any atom is 0.254 e. The minimum atomic E-state index is -0.575. The Balaban J connectivity index is 2.24. The van der Waals surface area contributed by atoms with E-state index in [9.17, 15) is 4.79 Å². The number of nitrogens with one attached hydrogen (secondary N) is 1. The molecule has 0 atom stereocenters. The number of ether oxygens (including phenoxy) is 1. The second kappa shape index (κ2) is 7.46. The molecule has 0 spiro atoms. The van der Waals surface area contributed by atoms with Gasteiger partial charge >= 0.3 is 0 Å². The summed E-state index contributed by atoms with van der Waals surface area (Å²) in [5.41, 5.74) is 15.0. The normalized spacial score (nSPS) is 11.3. The fourth-order valence-electron chi connectivity index (χ4n) is 2.97. The molecule has 0 radical (unpaired) electrons. The van der Waals surface area contributed by atoms with Crippen LogP contribution in [0.5, 0.6) is 5.88 Å². The van der Waals surface area contributed by atoms with Crippen LogP contribution in [0.1, 0.15) is 36.7 Å². The van der Waals surface area contributed by atoms with Crippen molar-refractivity contribution in [2.24, 2.45) is 5.73 Å². The number of amides is 1. The summed E-state index contributed by atoms with van der Waals surface area (Å²) >= 11 is 0. The summed E-state index contributed by atoms with van der Waals surface area (Å²) in [5.74, 6) is 0.390. The second-order valence-corrected chi connectivity index (χ2v) is 7.81. The van der Waals surface area contributed by atoms with Crippen LogP contribution in [0, 0.1) is 6.92 Å². The van der Waals surface area contributed by atoms with Crippen LogP contribution < -0.4 is 21.5 Å². The lowest BCUT2D eigenvalue weighted by molar-refractivity contribution is 0.100. The molecule has 3 aromatic rings. The molecule has 8 heteroatoms. The fraction of sp³-hybridized carbons (Fsp3) is 0.286. The molecule has 0 aliphatic rings. The molecule has 1 aromatic carbocycles. The van der Waals surface area contributed by atoms with E-state index in [1.807, 2.05) is 39.8 Å². The van der Waals surface area contributed by atoms with Crippen LogP contribution in [0.2, 0.25) is 0 Å². The van der Waals surface area contributed by atoms with E-state index in [1.54, 1.807) is 36.2 Å². The largest absolute Gasteiger partial charge is 0.481 e. The monoisotopic (exact) mass is 394 g/mol. The Kier molecular flexibility index (Phi) is 5.19. The summed E-state index contributed by atoms with van der Waals surface area (Å²) in [5, 5.41) is 8.07. The van der Waals surface area contributed by atoms with E-state index in [4.69, 9.17) is 21.3 Å². The highest BCUT2D eigenvalue weighted by Crippen LogP contribution is 2.35. The first-order valence-electron chi connectivity index (χ1n) is 9.18. The number of hydrogen-bond acceptors (Lipinski definition) is 6. The Morgan fingerprint density at radius 3 is 2.41 bits per heavy atom. The third-order valence-electron chi connectivity index (χ3n) is 4.49. The summed E-state index contributed by atoms with van der Waals surface area (Å²) in [6, 6.07) is 8.94. The van der Waals surface area contributed by atoms with Gasteiger partial charge in [-0.3, -0.25) is 4.79 Å². The van der Waals surface area contributed by atoms with Gasteiger partial charge in [-0.2, -0.15) is 5.10 Å². The maximum atomic E-state index is 12.5. The van der Waals surface area contributed by atoms with Crippen LogP contribution in [-0.4, -0.2) is 27.8 Å². The van der Waals surface area contributed by atoms with Crippen molar-refractivity contribution in [2.75, 3.05) is 18.2 Å². The van der Waals surface area contributed by atoms with Crippen LogP contribution in [0.4, 0.5) is 17.2 Å². The SMILES string of the molecule is COc1cc(Nc2c(C(N)=O)c(-c3ccc(N)cc3)nn2C(C)(C)C)c(C)cn1. The van der Waals surface area contributed by atoms with Crippen molar-refractivity contribution >= 4 is 23.1 Å². The van der Waals surface area contributed by atoms with Crippen molar-refractivity contribution in [3.05, 3.63) is 47.7 Å². The minimum Gasteiger partial charge on any atom is -0.481 e. The van der Waals surface area contributed by atoms with Crippen molar-refractivity contribution in [2.45, 2.75) is 33.2 Å². The van der Waals surface area contributed by atoms with Crippen molar-refractivity contribution < 1.29 is 9.53 Å². The maximum absolute atomic E-state index is 12.5. The second-order valence-electron chi connectivity index (χ2n) is 7.81. The van der Waals surface area contributed by atoms with Crippen molar-refractivity contribution in [1.29, 1.82) is 0 Å². The van der Waals surface area contributed by atoms with Crippen molar-refractivity contribution in [1.82, 2.24) is 14.8 Å². The van der Waals surface area contributed by atoms with Crippen molar-refractivity contribution in [3.63, 3.8) is 0 Å². The quantitative estimate of drug-likeness (QED) is 0.570. The molecule has 8 nitrogen and oxygen atoms in total. The number of nitrogens with zero attached hydrogens (tertiary/aromatic N) is 3. The highest BCUT2D eigenvalue weighted by atomic mass is 16.5. The Bertz CT molecular complexity index is 1050. The number of carbonyl (C=O) groups is 1. The van der Waals surface area contributed by atoms with E-state index in [2.05, 4.69) is 10.3 Å². The van der Waals surface area contributed by atoms with Crippen LogP contribution in [-0.2, 0) is 5.54 Å². The van der Waals surface area contributed by atoms with Crippen LogP contribution in [0.25, 0.3) is 11.3 Å². The zero-order chi connectivity index (χ0) is 21.3. The summed E-state index contributed by atoms with van der Waals surface area (Å²) in [6.07, 6.45) is 1.70. The summed E-state index contributed by atoms with van der Waals surface area (Å²) < 4.78 is 7.00. The average molecular weight is 394 g/mol. The van der Waals surface area contributed by atoms with E-state index >= 15 is 0 Å². The minimum absolute atomic E-state index is 0.305. The van der Waals surface area contributed by atoms with E-state index in [-0.39, 0.29) is 0 Å². The standard InChI is InChI=1S/C21H26N6O2/c1-12-11-24-16(29-5)10-15(12)25-20-17(19(23)28)18(26-27(20)21(2,3)4)13-6-8-14(22)9-7-13/h6-11H,22H2,1-5H3,(H2,23,28)(H,24,25). The van der Waals surface area contributed by atoms with E-state index in [0.29, 0.717) is 28.6 Å². The van der Waals surface area contributed by atoms with Gasteiger partial charge in [0.25, 0.3) is 5.91 Å². The van der Waals surface area contributed by atoms with Gasteiger partial charge < -0.3 is 21.5 Å². The molecular weight excluding hydrogens is 368 g/mol. The van der Waals surface area contributed by atoms with Gasteiger partial charge in [0.15, 0.2) is 0 Å². The summed E-state index contributed by atoms with van der Waals surface area (Å²) in [6.45, 7) is 7.92. The number of aryl methyl sites for hydroxylation is 1. The highest BCUT2D eigenvalue weighted by molar-refractivity contribution is 6.04. The molecule has 0 aliphatic heterocycles.